The van der Waals surface area contributed by atoms with E-state index in [0.29, 0.717) is 6.10 Å². The fourth-order valence-electron chi connectivity index (χ4n) is 2.65. The number of rotatable bonds is 4. The van der Waals surface area contributed by atoms with Gasteiger partial charge in [0.05, 0.1) is 12.7 Å². The maximum atomic E-state index is 9.36. The number of aromatic nitrogens is 2. The second-order valence-electron chi connectivity index (χ2n) is 4.80. The number of ether oxygens (including phenoxy) is 1. The van der Waals surface area contributed by atoms with Crippen molar-refractivity contribution < 1.29 is 9.84 Å². The Morgan fingerprint density at radius 2 is 2.44 bits per heavy atom. The lowest BCUT2D eigenvalue weighted by Crippen LogP contribution is -2.09. The van der Waals surface area contributed by atoms with E-state index in [-0.39, 0.29) is 6.61 Å². The topological polar surface area (TPSA) is 47.3 Å². The van der Waals surface area contributed by atoms with E-state index in [2.05, 4.69) is 9.55 Å². The van der Waals surface area contributed by atoms with Crippen LogP contribution in [0, 0.1) is 0 Å². The van der Waals surface area contributed by atoms with E-state index in [1.54, 1.807) is 6.20 Å². The molecule has 2 aromatic heterocycles. The molecule has 1 aliphatic heterocycles. The molecular formula is C14H18N2O2. The molecule has 0 saturated carbocycles. The number of aliphatic hydroxyl groups is 1. The van der Waals surface area contributed by atoms with Crippen molar-refractivity contribution in [2.45, 2.75) is 38.5 Å². The molecule has 0 radical (unpaired) electrons. The Balaban J connectivity index is 1.82. The molecule has 0 spiro atoms. The van der Waals surface area contributed by atoms with Crippen molar-refractivity contribution >= 4 is 11.0 Å². The van der Waals surface area contributed by atoms with Crippen molar-refractivity contribution in [3.63, 3.8) is 0 Å². The number of aryl methyl sites for hydroxylation is 1. The van der Waals surface area contributed by atoms with Gasteiger partial charge in [0.15, 0.2) is 0 Å². The summed E-state index contributed by atoms with van der Waals surface area (Å²) in [6.45, 7) is 1.87. The highest BCUT2D eigenvalue weighted by atomic mass is 16.5. The largest absolute Gasteiger partial charge is 0.392 e. The molecule has 3 heterocycles. The summed E-state index contributed by atoms with van der Waals surface area (Å²) in [5, 5.41) is 10.4. The Bertz CT molecular complexity index is 530. The van der Waals surface area contributed by atoms with Gasteiger partial charge in [-0.3, -0.25) is 0 Å². The Morgan fingerprint density at radius 3 is 3.22 bits per heavy atom. The lowest BCUT2D eigenvalue weighted by atomic mass is 10.2. The summed E-state index contributed by atoms with van der Waals surface area (Å²) in [4.78, 5) is 4.41. The first-order valence-corrected chi connectivity index (χ1v) is 6.53. The molecule has 0 amide bonds. The predicted octanol–water partition coefficient (Wildman–Crippen LogP) is 2.10. The van der Waals surface area contributed by atoms with E-state index in [1.165, 1.54) is 12.8 Å². The quantitative estimate of drug-likeness (QED) is 0.898. The first-order chi connectivity index (χ1) is 8.88. The monoisotopic (exact) mass is 246 g/mol. The molecule has 1 unspecified atom stereocenters. The van der Waals surface area contributed by atoms with Gasteiger partial charge in [0.25, 0.3) is 0 Å². The molecule has 0 bridgehead atoms. The first kappa shape index (κ1) is 11.7. The first-order valence-electron chi connectivity index (χ1n) is 6.53. The molecule has 2 aromatic rings. The van der Waals surface area contributed by atoms with Gasteiger partial charge in [-0.15, -0.1) is 0 Å². The predicted molar refractivity (Wildman–Crippen MR) is 69.2 cm³/mol. The van der Waals surface area contributed by atoms with Crippen LogP contribution >= 0.6 is 0 Å². The minimum atomic E-state index is 0.0646. The Kier molecular flexibility index (Phi) is 3.30. The van der Waals surface area contributed by atoms with Crippen molar-refractivity contribution in [2.24, 2.45) is 0 Å². The molecule has 0 aromatic carbocycles. The molecule has 1 aliphatic rings. The number of hydrogen-bond acceptors (Lipinski definition) is 3. The van der Waals surface area contributed by atoms with Crippen molar-refractivity contribution in [3.05, 3.63) is 30.1 Å². The summed E-state index contributed by atoms with van der Waals surface area (Å²) in [6, 6.07) is 3.92. The number of nitrogens with zero attached hydrogens (tertiary/aromatic N) is 2. The number of aliphatic hydroxyl groups excluding tert-OH is 1. The smallest absolute Gasteiger partial charge is 0.140 e. The summed E-state index contributed by atoms with van der Waals surface area (Å²) < 4.78 is 7.76. The Morgan fingerprint density at radius 1 is 1.50 bits per heavy atom. The van der Waals surface area contributed by atoms with Crippen LogP contribution in [0.1, 0.15) is 24.8 Å². The lowest BCUT2D eigenvalue weighted by Gasteiger charge is -2.10. The van der Waals surface area contributed by atoms with Crippen LogP contribution in [0.25, 0.3) is 11.0 Å². The maximum Gasteiger partial charge on any atom is 0.140 e. The number of fused-ring (bicyclic) bond motifs is 1. The summed E-state index contributed by atoms with van der Waals surface area (Å²) in [5.74, 6) is 0. The van der Waals surface area contributed by atoms with E-state index < -0.39 is 0 Å². The van der Waals surface area contributed by atoms with E-state index in [4.69, 9.17) is 4.74 Å². The van der Waals surface area contributed by atoms with Crippen molar-refractivity contribution in [2.75, 3.05) is 6.61 Å². The summed E-state index contributed by atoms with van der Waals surface area (Å²) >= 11 is 0. The van der Waals surface area contributed by atoms with Crippen LogP contribution in [0.5, 0.6) is 0 Å². The zero-order valence-corrected chi connectivity index (χ0v) is 10.4. The molecule has 4 nitrogen and oxygen atoms in total. The third kappa shape index (κ3) is 2.13. The van der Waals surface area contributed by atoms with Crippen LogP contribution in [-0.2, 0) is 17.9 Å². The highest BCUT2D eigenvalue weighted by Crippen LogP contribution is 2.21. The van der Waals surface area contributed by atoms with E-state index >= 15 is 0 Å². The molecule has 4 heteroatoms. The summed E-state index contributed by atoms with van der Waals surface area (Å²) in [6.07, 6.45) is 7.56. The van der Waals surface area contributed by atoms with Crippen LogP contribution in [0.3, 0.4) is 0 Å². The second kappa shape index (κ2) is 5.08. The molecule has 1 fully saturated rings. The normalized spacial score (nSPS) is 19.7. The van der Waals surface area contributed by atoms with E-state index in [9.17, 15) is 5.11 Å². The number of pyridine rings is 1. The zero-order valence-electron chi connectivity index (χ0n) is 10.4. The van der Waals surface area contributed by atoms with Crippen molar-refractivity contribution in [1.82, 2.24) is 9.55 Å². The standard InChI is InChI=1S/C14H18N2O2/c17-10-11-9-16(7-5-12-3-2-8-18-12)14-13(11)4-1-6-15-14/h1,4,6,9,12,17H,2-3,5,7-8,10H2. The van der Waals surface area contributed by atoms with Crippen LogP contribution in [0.2, 0.25) is 0 Å². The third-order valence-electron chi connectivity index (χ3n) is 3.60. The van der Waals surface area contributed by atoms with Gasteiger partial charge in [-0.05, 0) is 31.4 Å². The summed E-state index contributed by atoms with van der Waals surface area (Å²) in [5.41, 5.74) is 1.91. The molecule has 3 rings (SSSR count). The van der Waals surface area contributed by atoms with Crippen LogP contribution < -0.4 is 0 Å². The minimum absolute atomic E-state index is 0.0646. The fraction of sp³-hybridized carbons (Fsp3) is 0.500. The van der Waals surface area contributed by atoms with Crippen LogP contribution in [0.15, 0.2) is 24.5 Å². The Labute approximate surface area is 106 Å². The maximum absolute atomic E-state index is 9.36. The number of hydrogen-bond donors (Lipinski definition) is 1. The van der Waals surface area contributed by atoms with Crippen LogP contribution in [0.4, 0.5) is 0 Å². The molecule has 96 valence electrons. The molecule has 1 atom stereocenters. The molecular weight excluding hydrogens is 228 g/mol. The molecule has 1 N–H and O–H groups in total. The van der Waals surface area contributed by atoms with Crippen LogP contribution in [-0.4, -0.2) is 27.4 Å². The van der Waals surface area contributed by atoms with Gasteiger partial charge >= 0.3 is 0 Å². The van der Waals surface area contributed by atoms with Gasteiger partial charge in [0, 0.05) is 36.5 Å². The van der Waals surface area contributed by atoms with Gasteiger partial charge in [0.2, 0.25) is 0 Å². The molecule has 0 aliphatic carbocycles. The minimum Gasteiger partial charge on any atom is -0.392 e. The van der Waals surface area contributed by atoms with Crippen molar-refractivity contribution in [1.29, 1.82) is 0 Å². The van der Waals surface area contributed by atoms with Gasteiger partial charge in [-0.1, -0.05) is 0 Å². The Hall–Kier alpha value is -1.39. The highest BCUT2D eigenvalue weighted by molar-refractivity contribution is 5.80. The lowest BCUT2D eigenvalue weighted by molar-refractivity contribution is 0.101. The molecule has 18 heavy (non-hydrogen) atoms. The summed E-state index contributed by atoms with van der Waals surface area (Å²) in [7, 11) is 0. The van der Waals surface area contributed by atoms with Gasteiger partial charge in [0.1, 0.15) is 5.65 Å². The van der Waals surface area contributed by atoms with Gasteiger partial charge < -0.3 is 14.4 Å². The SMILES string of the molecule is OCc1cn(CCC2CCCO2)c2ncccc12. The average Bonchev–Trinajstić information content (AvgIpc) is 3.04. The van der Waals surface area contributed by atoms with Gasteiger partial charge in [-0.25, -0.2) is 4.98 Å². The highest BCUT2D eigenvalue weighted by Gasteiger charge is 2.16. The average molecular weight is 246 g/mol. The van der Waals surface area contributed by atoms with Gasteiger partial charge in [-0.2, -0.15) is 0 Å². The second-order valence-corrected chi connectivity index (χ2v) is 4.80. The van der Waals surface area contributed by atoms with E-state index in [1.807, 2.05) is 18.3 Å². The van der Waals surface area contributed by atoms with E-state index in [0.717, 1.165) is 36.2 Å². The van der Waals surface area contributed by atoms with Crippen molar-refractivity contribution in [3.8, 4) is 0 Å². The fourth-order valence-corrected chi connectivity index (χ4v) is 2.65. The molecule has 1 saturated heterocycles. The third-order valence-corrected chi connectivity index (χ3v) is 3.60. The zero-order chi connectivity index (χ0) is 12.4.